The molecule has 4 aromatic rings. The van der Waals surface area contributed by atoms with Crippen molar-refractivity contribution in [3.05, 3.63) is 59.7 Å². The number of hydrogen-bond acceptors (Lipinski definition) is 5. The van der Waals surface area contributed by atoms with E-state index in [0.717, 1.165) is 48.8 Å². The highest BCUT2D eigenvalue weighted by atomic mass is 19.1. The molecule has 0 bridgehead atoms. The van der Waals surface area contributed by atoms with E-state index in [2.05, 4.69) is 34.6 Å². The van der Waals surface area contributed by atoms with Gasteiger partial charge in [-0.3, -0.25) is 9.88 Å². The molecule has 37 heavy (non-hydrogen) atoms. The molecule has 6 heteroatoms. The topological polar surface area (TPSA) is 51.1 Å². The molecule has 0 amide bonds. The number of pyridine rings is 1. The predicted octanol–water partition coefficient (Wildman–Crippen LogP) is 6.73. The van der Waals surface area contributed by atoms with E-state index in [-0.39, 0.29) is 28.7 Å². The molecule has 0 N–H and O–H groups in total. The van der Waals surface area contributed by atoms with Crippen LogP contribution in [0, 0.1) is 18.2 Å². The first-order valence-corrected chi connectivity index (χ1v) is 13.1. The molecule has 1 unspecified atom stereocenters. The van der Waals surface area contributed by atoms with Gasteiger partial charge in [0.25, 0.3) is 0 Å². The number of halogens is 1. The van der Waals surface area contributed by atoms with Gasteiger partial charge in [-0.15, -0.1) is 6.42 Å². The van der Waals surface area contributed by atoms with Crippen molar-refractivity contribution in [1.29, 1.82) is 0 Å². The van der Waals surface area contributed by atoms with Gasteiger partial charge in [-0.05, 0) is 49.7 Å². The smallest absolute Gasteiger partial charge is 0.317 e. The maximum atomic E-state index is 16.3. The number of terminal acetylenes is 1. The highest BCUT2D eigenvalue weighted by Crippen LogP contribution is 2.36. The molecular formula is C31H33FN4O. The zero-order valence-electron chi connectivity index (χ0n) is 22.0. The molecule has 3 heterocycles. The number of ether oxygens (including phenoxy) is 1. The molecule has 5 nitrogen and oxygen atoms in total. The van der Waals surface area contributed by atoms with Gasteiger partial charge in [-0.1, -0.05) is 63.9 Å². The number of rotatable bonds is 7. The minimum atomic E-state index is -0.493. The lowest BCUT2D eigenvalue weighted by molar-refractivity contribution is 0.0716. The molecule has 5 rings (SSSR count). The van der Waals surface area contributed by atoms with Gasteiger partial charge in [0, 0.05) is 28.1 Å². The summed E-state index contributed by atoms with van der Waals surface area (Å²) in [6.07, 6.45) is 10.7. The van der Waals surface area contributed by atoms with Crippen LogP contribution in [0.5, 0.6) is 6.01 Å². The first-order valence-electron chi connectivity index (χ1n) is 13.1. The second kappa shape index (κ2) is 10.1. The summed E-state index contributed by atoms with van der Waals surface area (Å²) < 4.78 is 22.5. The predicted molar refractivity (Wildman–Crippen MR) is 147 cm³/mol. The Hall–Kier alpha value is -3.56. The zero-order valence-corrected chi connectivity index (χ0v) is 22.0. The van der Waals surface area contributed by atoms with Gasteiger partial charge in [0.05, 0.1) is 11.2 Å². The quantitative estimate of drug-likeness (QED) is 0.266. The van der Waals surface area contributed by atoms with Gasteiger partial charge < -0.3 is 4.74 Å². The van der Waals surface area contributed by atoms with E-state index in [4.69, 9.17) is 16.1 Å². The summed E-state index contributed by atoms with van der Waals surface area (Å²) in [7, 11) is 0. The van der Waals surface area contributed by atoms with Crippen molar-refractivity contribution in [1.82, 2.24) is 19.9 Å². The molecule has 1 aliphatic heterocycles. The van der Waals surface area contributed by atoms with Gasteiger partial charge in [0.1, 0.15) is 17.8 Å². The second-order valence-corrected chi connectivity index (χ2v) is 10.1. The third-order valence-corrected chi connectivity index (χ3v) is 7.81. The molecule has 2 aromatic heterocycles. The van der Waals surface area contributed by atoms with Crippen LogP contribution in [-0.2, 0) is 0 Å². The van der Waals surface area contributed by atoms with E-state index in [1.807, 2.05) is 50.2 Å². The van der Waals surface area contributed by atoms with Crippen molar-refractivity contribution >= 4 is 21.7 Å². The van der Waals surface area contributed by atoms with Crippen molar-refractivity contribution < 1.29 is 9.13 Å². The molecule has 0 radical (unpaired) electrons. The summed E-state index contributed by atoms with van der Waals surface area (Å²) in [5.41, 5.74) is 2.47. The molecule has 0 aliphatic carbocycles. The third-order valence-electron chi connectivity index (χ3n) is 7.81. The summed E-state index contributed by atoms with van der Waals surface area (Å²) in [6, 6.07) is 11.7. The van der Waals surface area contributed by atoms with E-state index < -0.39 is 5.82 Å². The monoisotopic (exact) mass is 496 g/mol. The normalized spacial score (nSPS) is 18.1. The van der Waals surface area contributed by atoms with Crippen molar-refractivity contribution in [3.8, 4) is 29.6 Å². The van der Waals surface area contributed by atoms with Crippen LogP contribution in [0.3, 0.4) is 0 Å². The van der Waals surface area contributed by atoms with Crippen LogP contribution < -0.4 is 4.74 Å². The van der Waals surface area contributed by atoms with Crippen molar-refractivity contribution in [2.45, 2.75) is 58.4 Å². The summed E-state index contributed by atoms with van der Waals surface area (Å²) in [5, 5.41) is 2.34. The molecule has 0 spiro atoms. The van der Waals surface area contributed by atoms with Crippen LogP contribution in [0.25, 0.3) is 32.9 Å². The first kappa shape index (κ1) is 25.1. The van der Waals surface area contributed by atoms with Crippen LogP contribution in [-0.4, -0.2) is 45.1 Å². The molecule has 1 aliphatic rings. The highest BCUT2D eigenvalue weighted by Gasteiger charge is 2.39. The van der Waals surface area contributed by atoms with E-state index in [0.29, 0.717) is 23.1 Å². The van der Waals surface area contributed by atoms with Crippen LogP contribution in [0.1, 0.15) is 64.1 Å². The fourth-order valence-electron chi connectivity index (χ4n) is 5.76. The SMILES string of the molecule is C#Cc1cccc2cccc(-c3ncc4c(C(C)C)nc(OCC5(CC)CCCN5CC)nc4c3F)c12. The van der Waals surface area contributed by atoms with Crippen LogP contribution >= 0.6 is 0 Å². The van der Waals surface area contributed by atoms with E-state index in [1.165, 1.54) is 0 Å². The summed E-state index contributed by atoms with van der Waals surface area (Å²) in [5.74, 6) is 2.28. The standard InChI is InChI=1S/C31H33FN4O/c1-6-21-12-9-13-22-14-10-15-23(25(21)22)28-26(32)29-24(18-33-28)27(20(4)5)34-30(35-29)37-19-31(7-2)16-11-17-36(31)8-3/h1,9-10,12-15,18,20H,7-8,11,16-17,19H2,2-5H3. The van der Waals surface area contributed by atoms with Gasteiger partial charge in [-0.2, -0.15) is 9.97 Å². The highest BCUT2D eigenvalue weighted by molar-refractivity contribution is 6.01. The van der Waals surface area contributed by atoms with E-state index >= 15 is 4.39 Å². The minimum Gasteiger partial charge on any atom is -0.461 e. The van der Waals surface area contributed by atoms with Gasteiger partial charge >= 0.3 is 6.01 Å². The molecule has 2 aromatic carbocycles. The number of hydrogen-bond donors (Lipinski definition) is 0. The minimum absolute atomic E-state index is 0.0401. The summed E-state index contributed by atoms with van der Waals surface area (Å²) in [6.45, 7) is 11.0. The molecule has 1 fully saturated rings. The molecule has 190 valence electrons. The van der Waals surface area contributed by atoms with E-state index in [1.54, 1.807) is 6.20 Å². The largest absolute Gasteiger partial charge is 0.461 e. The fourth-order valence-corrected chi connectivity index (χ4v) is 5.76. The Balaban J connectivity index is 1.63. The lowest BCUT2D eigenvalue weighted by Gasteiger charge is -2.36. The Morgan fingerprint density at radius 3 is 2.65 bits per heavy atom. The summed E-state index contributed by atoms with van der Waals surface area (Å²) >= 11 is 0. The maximum absolute atomic E-state index is 16.3. The van der Waals surface area contributed by atoms with Crippen LogP contribution in [0.2, 0.25) is 0 Å². The van der Waals surface area contributed by atoms with Crippen LogP contribution in [0.4, 0.5) is 4.39 Å². The average molecular weight is 497 g/mol. The van der Waals surface area contributed by atoms with Gasteiger partial charge in [0.15, 0.2) is 5.82 Å². The molecule has 0 saturated carbocycles. The summed E-state index contributed by atoms with van der Waals surface area (Å²) in [4.78, 5) is 16.3. The number of aromatic nitrogens is 3. The number of benzene rings is 2. The van der Waals surface area contributed by atoms with Crippen LogP contribution in [0.15, 0.2) is 42.6 Å². The lowest BCUT2D eigenvalue weighted by atomic mass is 9.94. The Morgan fingerprint density at radius 2 is 1.95 bits per heavy atom. The maximum Gasteiger partial charge on any atom is 0.317 e. The van der Waals surface area contributed by atoms with Gasteiger partial charge in [0.2, 0.25) is 0 Å². The molecule has 1 atom stereocenters. The fraction of sp³-hybridized carbons (Fsp3) is 0.387. The number of likely N-dealkylation sites (tertiary alicyclic amines) is 1. The molecule has 1 saturated heterocycles. The van der Waals surface area contributed by atoms with E-state index in [9.17, 15) is 0 Å². The number of likely N-dealkylation sites (N-methyl/N-ethyl adjacent to an activating group) is 1. The van der Waals surface area contributed by atoms with Gasteiger partial charge in [-0.25, -0.2) is 4.39 Å². The Bertz CT molecular complexity index is 1500. The average Bonchev–Trinajstić information content (AvgIpc) is 3.34. The molecular weight excluding hydrogens is 463 g/mol. The van der Waals surface area contributed by atoms with Crippen molar-refractivity contribution in [2.75, 3.05) is 19.7 Å². The zero-order chi connectivity index (χ0) is 26.2. The number of nitrogens with zero attached hydrogens (tertiary/aromatic N) is 4. The Kier molecular flexibility index (Phi) is 6.83. The van der Waals surface area contributed by atoms with Crippen molar-refractivity contribution in [3.63, 3.8) is 0 Å². The van der Waals surface area contributed by atoms with Crippen molar-refractivity contribution in [2.24, 2.45) is 0 Å². The third kappa shape index (κ3) is 4.32. The Labute approximate surface area is 218 Å². The second-order valence-electron chi connectivity index (χ2n) is 10.1. The first-order chi connectivity index (χ1) is 17.9. The lowest BCUT2D eigenvalue weighted by Crippen LogP contribution is -2.48. The number of fused-ring (bicyclic) bond motifs is 2. The Morgan fingerprint density at radius 1 is 1.16 bits per heavy atom.